The third kappa shape index (κ3) is 4.68. The Kier molecular flexibility index (Phi) is 5.72. The number of fused-ring (bicyclic) bond motifs is 1. The molecule has 170 valence electrons. The molecule has 0 bridgehead atoms. The largest absolute Gasteiger partial charge is 0.488 e. The number of piperidine rings is 1. The smallest absolute Gasteiger partial charge is 0.407 e. The zero-order chi connectivity index (χ0) is 22.9. The number of carboxylic acid groups (broad SMARTS) is 1. The lowest BCUT2D eigenvalue weighted by Gasteiger charge is -2.30. The summed E-state index contributed by atoms with van der Waals surface area (Å²) in [7, 11) is -0.421. The van der Waals surface area contributed by atoms with Gasteiger partial charge < -0.3 is 20.1 Å². The lowest BCUT2D eigenvalue weighted by atomic mass is 10.1. The first-order valence-corrected chi connectivity index (χ1v) is 12.4. The van der Waals surface area contributed by atoms with E-state index < -0.39 is 16.6 Å². The zero-order valence-corrected chi connectivity index (χ0v) is 18.7. The van der Waals surface area contributed by atoms with Crippen LogP contribution in [0.3, 0.4) is 0 Å². The first-order valence-electron chi connectivity index (χ1n) is 10.9. The van der Waals surface area contributed by atoms with Crippen molar-refractivity contribution in [2.24, 2.45) is 4.99 Å². The number of nitrogens with zero attached hydrogens (tertiary/aromatic N) is 4. The lowest BCUT2D eigenvalue weighted by Crippen LogP contribution is -2.41. The maximum Gasteiger partial charge on any atom is 0.407 e. The molecule has 2 aliphatic heterocycles. The van der Waals surface area contributed by atoms with E-state index in [-0.39, 0.29) is 12.0 Å². The number of hydrogen-bond donors (Lipinski definition) is 2. The molecule has 0 spiro atoms. The van der Waals surface area contributed by atoms with E-state index in [2.05, 4.69) is 21.4 Å². The van der Waals surface area contributed by atoms with Crippen LogP contribution in [0.4, 0.5) is 4.79 Å². The highest BCUT2D eigenvalue weighted by Crippen LogP contribution is 2.32. The van der Waals surface area contributed by atoms with Crippen LogP contribution in [-0.4, -0.2) is 68.5 Å². The zero-order valence-electron chi connectivity index (χ0n) is 17.9. The fraction of sp³-hybridized carbons (Fsp3) is 0.391. The van der Waals surface area contributed by atoms with Gasteiger partial charge in [0.2, 0.25) is 0 Å². The molecule has 1 saturated carbocycles. The highest BCUT2D eigenvalue weighted by Gasteiger charge is 2.28. The van der Waals surface area contributed by atoms with Gasteiger partial charge in [0, 0.05) is 43.6 Å². The topological polar surface area (TPSA) is 128 Å². The second-order valence-electron chi connectivity index (χ2n) is 8.40. The highest BCUT2D eigenvalue weighted by atomic mass is 32.2. The Morgan fingerprint density at radius 2 is 2.09 bits per heavy atom. The number of aliphatic imine (C=N–C) groups is 1. The maximum absolute atomic E-state index is 11.9. The van der Waals surface area contributed by atoms with Crippen molar-refractivity contribution in [3.05, 3.63) is 35.5 Å². The predicted molar refractivity (Wildman–Crippen MR) is 126 cm³/mol. The molecule has 1 aliphatic carbocycles. The van der Waals surface area contributed by atoms with Crippen molar-refractivity contribution >= 4 is 43.9 Å². The number of likely N-dealkylation sites (tertiary alicyclic amines) is 1. The van der Waals surface area contributed by atoms with Crippen LogP contribution in [0.5, 0.6) is 5.75 Å². The molecule has 33 heavy (non-hydrogen) atoms. The van der Waals surface area contributed by atoms with E-state index in [1.165, 1.54) is 11.1 Å². The summed E-state index contributed by atoms with van der Waals surface area (Å²) in [4.78, 5) is 33.1. The molecule has 9 nitrogen and oxygen atoms in total. The minimum atomic E-state index is -0.925. The number of nitrogens with one attached hydrogen (secondary N) is 1. The summed E-state index contributed by atoms with van der Waals surface area (Å²) in [5.74, 6) is 0.737. The minimum absolute atomic E-state index is 0.108. The van der Waals surface area contributed by atoms with Crippen molar-refractivity contribution in [1.82, 2.24) is 15.2 Å². The molecule has 1 unspecified atom stereocenters. The molecule has 5 rings (SSSR count). The number of pyridine rings is 1. The van der Waals surface area contributed by atoms with Gasteiger partial charge in [-0.3, -0.25) is 9.78 Å². The van der Waals surface area contributed by atoms with Crippen molar-refractivity contribution in [3.63, 3.8) is 0 Å². The van der Waals surface area contributed by atoms with Crippen LogP contribution in [-0.2, 0) is 4.79 Å². The van der Waals surface area contributed by atoms with Gasteiger partial charge in [0.05, 0.1) is 11.3 Å². The number of amides is 2. The number of aromatic nitrogens is 1. The molecule has 1 saturated heterocycles. The van der Waals surface area contributed by atoms with Crippen molar-refractivity contribution in [2.75, 3.05) is 18.8 Å². The van der Waals surface area contributed by atoms with Gasteiger partial charge in [0.1, 0.15) is 23.5 Å². The number of nitriles is 1. The Labute approximate surface area is 193 Å². The molecule has 2 aromatic rings. The van der Waals surface area contributed by atoms with E-state index in [0.29, 0.717) is 54.6 Å². The second-order valence-corrected chi connectivity index (χ2v) is 10.2. The highest BCUT2D eigenvalue weighted by molar-refractivity contribution is 8.28. The Bertz CT molecular complexity index is 1240. The number of carbonyl (C=O) groups is 2. The summed E-state index contributed by atoms with van der Waals surface area (Å²) in [6.45, 7) is 0.799. The van der Waals surface area contributed by atoms with Gasteiger partial charge in [-0.1, -0.05) is 6.07 Å². The van der Waals surface area contributed by atoms with Crippen molar-refractivity contribution in [1.29, 1.82) is 5.26 Å². The molecular weight excluding hydrogens is 442 g/mol. The molecule has 1 atom stereocenters. The Balaban J connectivity index is 1.45. The Morgan fingerprint density at radius 3 is 2.79 bits per heavy atom. The molecule has 1 aromatic carbocycles. The van der Waals surface area contributed by atoms with Crippen molar-refractivity contribution in [2.45, 2.75) is 37.8 Å². The van der Waals surface area contributed by atoms with Gasteiger partial charge in [0.25, 0.3) is 5.91 Å². The van der Waals surface area contributed by atoms with Crippen LogP contribution in [0.25, 0.3) is 10.9 Å². The molecule has 0 radical (unpaired) electrons. The van der Waals surface area contributed by atoms with Gasteiger partial charge >= 0.3 is 6.09 Å². The van der Waals surface area contributed by atoms with Crippen LogP contribution < -0.4 is 10.1 Å². The van der Waals surface area contributed by atoms with Gasteiger partial charge in [-0.25, -0.2) is 4.79 Å². The number of hydrogen-bond acceptors (Lipinski definition) is 6. The maximum atomic E-state index is 11.9. The predicted octanol–water partition coefficient (Wildman–Crippen LogP) is 2.70. The quantitative estimate of drug-likeness (QED) is 0.665. The molecule has 2 fully saturated rings. The standard InChI is InChI=1S/C23H23N5O4S/c24-10-15-11-25-19-4-1-14(12-33-13-20(29)27-22(33)26-16-2-3-16)9-18(19)21(15)32-17-5-7-28(8-6-17)23(30)31/h1,4,9,11-12,16-17H,2-3,5-8,13H2,(H,30,31)(H,26,27,29). The second kappa shape index (κ2) is 8.83. The third-order valence-corrected chi connectivity index (χ3v) is 7.72. The van der Waals surface area contributed by atoms with Crippen LogP contribution in [0, 0.1) is 11.3 Å². The summed E-state index contributed by atoms with van der Waals surface area (Å²) < 4.78 is 6.26. The normalized spacial score (nSPS) is 21.2. The van der Waals surface area contributed by atoms with Crippen LogP contribution in [0.15, 0.2) is 29.4 Å². The van der Waals surface area contributed by atoms with Gasteiger partial charge in [0.15, 0.2) is 5.17 Å². The molecule has 2 amide bonds. The summed E-state index contributed by atoms with van der Waals surface area (Å²) in [6, 6.07) is 8.35. The molecular formula is C23H23N5O4S. The number of ether oxygens (including phenoxy) is 1. The number of amidine groups is 1. The number of rotatable bonds is 4. The fourth-order valence-corrected chi connectivity index (χ4v) is 5.65. The number of carbonyl (C=O) groups excluding carboxylic acids is 1. The molecule has 1 aromatic heterocycles. The van der Waals surface area contributed by atoms with Gasteiger partial charge in [-0.2, -0.15) is 10.3 Å². The van der Waals surface area contributed by atoms with E-state index in [1.807, 2.05) is 23.6 Å². The molecule has 2 N–H and O–H groups in total. The molecule has 10 heteroatoms. The van der Waals surface area contributed by atoms with Crippen LogP contribution in [0.1, 0.15) is 36.8 Å². The third-order valence-electron chi connectivity index (χ3n) is 5.90. The van der Waals surface area contributed by atoms with Crippen molar-refractivity contribution in [3.8, 4) is 11.8 Å². The van der Waals surface area contributed by atoms with Crippen molar-refractivity contribution < 1.29 is 19.4 Å². The summed E-state index contributed by atoms with van der Waals surface area (Å²) in [5.41, 5.74) is 1.96. The van der Waals surface area contributed by atoms with E-state index >= 15 is 0 Å². The Hall–Kier alpha value is -3.45. The van der Waals surface area contributed by atoms with E-state index in [9.17, 15) is 14.9 Å². The average Bonchev–Trinajstić information content (AvgIpc) is 3.56. The minimum Gasteiger partial charge on any atom is -0.488 e. The average molecular weight is 466 g/mol. The fourth-order valence-electron chi connectivity index (χ4n) is 3.97. The molecule has 3 heterocycles. The van der Waals surface area contributed by atoms with Gasteiger partial charge in [-0.05, 0) is 35.9 Å². The number of benzene rings is 1. The monoisotopic (exact) mass is 465 g/mol. The SMILES string of the molecule is N#Cc1cnc2ccc(/C=S3/CC(=O)N=C3NC3CC3)cc2c1OC1CCN(C(=O)O)CC1. The summed E-state index contributed by atoms with van der Waals surface area (Å²) >= 11 is 0. The molecule has 3 aliphatic rings. The van der Waals surface area contributed by atoms with E-state index in [0.717, 1.165) is 29.0 Å². The lowest BCUT2D eigenvalue weighted by molar-refractivity contribution is -0.115. The Morgan fingerprint density at radius 1 is 1.30 bits per heavy atom. The summed E-state index contributed by atoms with van der Waals surface area (Å²) in [6.07, 6.45) is 3.74. The van der Waals surface area contributed by atoms with E-state index in [4.69, 9.17) is 9.84 Å². The first kappa shape index (κ1) is 21.4. The summed E-state index contributed by atoms with van der Waals surface area (Å²) in [5, 5.41) is 25.7. The van der Waals surface area contributed by atoms with Crippen LogP contribution in [0.2, 0.25) is 0 Å². The van der Waals surface area contributed by atoms with E-state index in [1.54, 1.807) is 0 Å². The van der Waals surface area contributed by atoms with Gasteiger partial charge in [-0.15, -0.1) is 10.5 Å². The van der Waals surface area contributed by atoms with Crippen LogP contribution >= 0.6 is 10.5 Å². The first-order chi connectivity index (χ1) is 16.0.